The van der Waals surface area contributed by atoms with Crippen LogP contribution in [0.5, 0.6) is 0 Å². The number of hydrogen-bond acceptors (Lipinski definition) is 2. The van der Waals surface area contributed by atoms with Gasteiger partial charge in [-0.1, -0.05) is 6.08 Å². The summed E-state index contributed by atoms with van der Waals surface area (Å²) in [6.07, 6.45) is 4.17. The van der Waals surface area contributed by atoms with Crippen molar-refractivity contribution >= 4 is 0 Å². The van der Waals surface area contributed by atoms with Gasteiger partial charge in [-0.3, -0.25) is 0 Å². The zero-order valence-corrected chi connectivity index (χ0v) is 5.79. The Bertz CT molecular complexity index is 191. The van der Waals surface area contributed by atoms with Crippen molar-refractivity contribution in [3.63, 3.8) is 0 Å². The van der Waals surface area contributed by atoms with Gasteiger partial charge in [0.05, 0.1) is 12.3 Å². The maximum atomic E-state index is 5.68. The molecule has 1 atom stereocenters. The molecule has 2 N–H and O–H groups in total. The topological polar surface area (TPSA) is 39.2 Å². The predicted octanol–water partition coefficient (Wildman–Crippen LogP) is 1.86. The summed E-state index contributed by atoms with van der Waals surface area (Å²) in [5.74, 6) is 0.819. The largest absolute Gasteiger partial charge is 0.468 e. The van der Waals surface area contributed by atoms with E-state index in [-0.39, 0.29) is 6.04 Å². The standard InChI is InChI=1S/C8H11NO/c1-2-4-7(9)8-5-3-6-10-8/h2-3,5-7H,1,4,9H2/t7-/m0/s1. The smallest absolute Gasteiger partial charge is 0.120 e. The van der Waals surface area contributed by atoms with Crippen molar-refractivity contribution in [2.45, 2.75) is 12.5 Å². The zero-order valence-electron chi connectivity index (χ0n) is 5.79. The molecule has 10 heavy (non-hydrogen) atoms. The van der Waals surface area contributed by atoms with Crippen LogP contribution in [0.25, 0.3) is 0 Å². The number of nitrogens with two attached hydrogens (primary N) is 1. The maximum absolute atomic E-state index is 5.68. The third kappa shape index (κ3) is 1.48. The Morgan fingerprint density at radius 3 is 3.10 bits per heavy atom. The fraction of sp³-hybridized carbons (Fsp3) is 0.250. The molecule has 54 valence electrons. The van der Waals surface area contributed by atoms with Crippen molar-refractivity contribution in [3.8, 4) is 0 Å². The van der Waals surface area contributed by atoms with Crippen LogP contribution in [0, 0.1) is 0 Å². The van der Waals surface area contributed by atoms with Crippen molar-refractivity contribution in [1.82, 2.24) is 0 Å². The minimum atomic E-state index is -0.0347. The first-order valence-corrected chi connectivity index (χ1v) is 3.24. The van der Waals surface area contributed by atoms with Crippen LogP contribution in [-0.4, -0.2) is 0 Å². The van der Waals surface area contributed by atoms with Gasteiger partial charge in [-0.15, -0.1) is 6.58 Å². The molecule has 1 aromatic heterocycles. The quantitative estimate of drug-likeness (QED) is 0.646. The van der Waals surface area contributed by atoms with Gasteiger partial charge >= 0.3 is 0 Å². The van der Waals surface area contributed by atoms with E-state index in [2.05, 4.69) is 6.58 Å². The molecule has 0 unspecified atom stereocenters. The first-order chi connectivity index (χ1) is 4.84. The minimum Gasteiger partial charge on any atom is -0.468 e. The Labute approximate surface area is 60.3 Å². The summed E-state index contributed by atoms with van der Waals surface area (Å²) >= 11 is 0. The molecule has 1 aromatic rings. The van der Waals surface area contributed by atoms with Gasteiger partial charge in [-0.25, -0.2) is 0 Å². The number of furan rings is 1. The van der Waals surface area contributed by atoms with Gasteiger partial charge in [-0.2, -0.15) is 0 Å². The van der Waals surface area contributed by atoms with Crippen LogP contribution in [-0.2, 0) is 0 Å². The first-order valence-electron chi connectivity index (χ1n) is 3.24. The average molecular weight is 137 g/mol. The normalized spacial score (nSPS) is 12.9. The van der Waals surface area contributed by atoms with E-state index in [9.17, 15) is 0 Å². The van der Waals surface area contributed by atoms with E-state index >= 15 is 0 Å². The Morgan fingerprint density at radius 2 is 2.60 bits per heavy atom. The molecule has 0 radical (unpaired) electrons. The Hall–Kier alpha value is -1.02. The van der Waals surface area contributed by atoms with Gasteiger partial charge in [0.1, 0.15) is 5.76 Å². The fourth-order valence-electron chi connectivity index (χ4n) is 0.798. The monoisotopic (exact) mass is 137 g/mol. The van der Waals surface area contributed by atoms with Crippen LogP contribution in [0.2, 0.25) is 0 Å². The number of rotatable bonds is 3. The van der Waals surface area contributed by atoms with Crippen LogP contribution < -0.4 is 5.73 Å². The molecule has 2 heteroatoms. The summed E-state index contributed by atoms with van der Waals surface area (Å²) in [6.45, 7) is 3.59. The Balaban J connectivity index is 2.58. The molecule has 0 saturated heterocycles. The van der Waals surface area contributed by atoms with Crippen molar-refractivity contribution in [2.24, 2.45) is 5.73 Å². The third-order valence-electron chi connectivity index (χ3n) is 1.33. The van der Waals surface area contributed by atoms with Crippen LogP contribution in [0.15, 0.2) is 35.5 Å². The van der Waals surface area contributed by atoms with Gasteiger partial charge in [0.25, 0.3) is 0 Å². The summed E-state index contributed by atoms with van der Waals surface area (Å²) in [5.41, 5.74) is 5.68. The molecule has 0 aliphatic carbocycles. The first kappa shape index (κ1) is 7.09. The molecule has 0 aliphatic rings. The Kier molecular flexibility index (Phi) is 2.29. The van der Waals surface area contributed by atoms with E-state index in [1.54, 1.807) is 12.3 Å². The van der Waals surface area contributed by atoms with E-state index in [1.165, 1.54) is 0 Å². The minimum absolute atomic E-state index is 0.0347. The average Bonchev–Trinajstić information content (AvgIpc) is 2.38. The van der Waals surface area contributed by atoms with Crippen molar-refractivity contribution in [1.29, 1.82) is 0 Å². The lowest BCUT2D eigenvalue weighted by Crippen LogP contribution is -2.07. The molecular weight excluding hydrogens is 126 g/mol. The molecule has 0 spiro atoms. The van der Waals surface area contributed by atoms with Gasteiger partial charge in [0.15, 0.2) is 0 Å². The highest BCUT2D eigenvalue weighted by atomic mass is 16.3. The van der Waals surface area contributed by atoms with Gasteiger partial charge < -0.3 is 10.2 Å². The second-order valence-corrected chi connectivity index (χ2v) is 2.15. The zero-order chi connectivity index (χ0) is 7.40. The molecule has 0 saturated carbocycles. The Morgan fingerprint density at radius 1 is 1.80 bits per heavy atom. The highest BCUT2D eigenvalue weighted by molar-refractivity contribution is 5.04. The van der Waals surface area contributed by atoms with Crippen molar-refractivity contribution in [2.75, 3.05) is 0 Å². The van der Waals surface area contributed by atoms with E-state index in [0.29, 0.717) is 0 Å². The molecule has 1 rings (SSSR count). The third-order valence-corrected chi connectivity index (χ3v) is 1.33. The highest BCUT2D eigenvalue weighted by Gasteiger charge is 2.04. The second kappa shape index (κ2) is 3.22. The van der Waals surface area contributed by atoms with Gasteiger partial charge in [-0.05, 0) is 18.6 Å². The molecule has 0 aromatic carbocycles. The van der Waals surface area contributed by atoms with E-state index in [1.807, 2.05) is 12.1 Å². The van der Waals surface area contributed by atoms with Crippen LogP contribution in [0.4, 0.5) is 0 Å². The summed E-state index contributed by atoms with van der Waals surface area (Å²) in [6, 6.07) is 3.67. The second-order valence-electron chi connectivity index (χ2n) is 2.15. The van der Waals surface area contributed by atoms with Crippen molar-refractivity contribution < 1.29 is 4.42 Å². The summed E-state index contributed by atoms with van der Waals surface area (Å²) < 4.78 is 5.08. The van der Waals surface area contributed by atoms with Crippen LogP contribution >= 0.6 is 0 Å². The molecule has 2 nitrogen and oxygen atoms in total. The molecule has 0 bridgehead atoms. The highest BCUT2D eigenvalue weighted by Crippen LogP contribution is 2.13. The SMILES string of the molecule is C=CC[C@H](N)c1ccco1. The van der Waals surface area contributed by atoms with Crippen LogP contribution in [0.1, 0.15) is 18.2 Å². The van der Waals surface area contributed by atoms with E-state index in [4.69, 9.17) is 10.2 Å². The molecular formula is C8H11NO. The summed E-state index contributed by atoms with van der Waals surface area (Å²) in [5, 5.41) is 0. The van der Waals surface area contributed by atoms with Crippen LogP contribution in [0.3, 0.4) is 0 Å². The summed E-state index contributed by atoms with van der Waals surface area (Å²) in [4.78, 5) is 0. The molecule has 1 heterocycles. The van der Waals surface area contributed by atoms with Gasteiger partial charge in [0.2, 0.25) is 0 Å². The fourth-order valence-corrected chi connectivity index (χ4v) is 0.798. The van der Waals surface area contributed by atoms with E-state index < -0.39 is 0 Å². The lowest BCUT2D eigenvalue weighted by Gasteiger charge is -2.02. The summed E-state index contributed by atoms with van der Waals surface area (Å²) in [7, 11) is 0. The molecule has 0 fully saturated rings. The predicted molar refractivity (Wildman–Crippen MR) is 40.5 cm³/mol. The van der Waals surface area contributed by atoms with Gasteiger partial charge in [0, 0.05) is 0 Å². The number of hydrogen-bond donors (Lipinski definition) is 1. The lowest BCUT2D eigenvalue weighted by molar-refractivity contribution is 0.467. The maximum Gasteiger partial charge on any atom is 0.120 e. The molecule has 0 aliphatic heterocycles. The van der Waals surface area contributed by atoms with E-state index in [0.717, 1.165) is 12.2 Å². The lowest BCUT2D eigenvalue weighted by atomic mass is 10.2. The molecule has 0 amide bonds. The van der Waals surface area contributed by atoms with Crippen molar-refractivity contribution in [3.05, 3.63) is 36.8 Å².